The predicted octanol–water partition coefficient (Wildman–Crippen LogP) is 6.88. The van der Waals surface area contributed by atoms with Crippen molar-refractivity contribution >= 4 is 108 Å². The van der Waals surface area contributed by atoms with E-state index in [1.54, 1.807) is 0 Å². The van der Waals surface area contributed by atoms with Gasteiger partial charge in [0.2, 0.25) is 0 Å². The van der Waals surface area contributed by atoms with Crippen molar-refractivity contribution < 1.29 is 0 Å². The predicted molar refractivity (Wildman–Crippen MR) is 122 cm³/mol. The van der Waals surface area contributed by atoms with Gasteiger partial charge in [0.05, 0.1) is 0 Å². The molecule has 4 aromatic carbocycles. The molecule has 24 heavy (non-hydrogen) atoms. The third-order valence-corrected chi connectivity index (χ3v) is 7.08. The Morgan fingerprint density at radius 1 is 0.417 bits per heavy atom. The van der Waals surface area contributed by atoms with E-state index in [2.05, 4.69) is 81.3 Å². The Balaban J connectivity index is 2.43. The second kappa shape index (κ2) is 6.18. The summed E-state index contributed by atoms with van der Waals surface area (Å²) in [7, 11) is 0. The molecule has 6 heteroatoms. The van der Waals surface area contributed by atoms with Crippen molar-refractivity contribution in [2.75, 3.05) is 0 Å². The lowest BCUT2D eigenvalue weighted by atomic mass is 9.94. The van der Waals surface area contributed by atoms with E-state index in [0.29, 0.717) is 0 Å². The fourth-order valence-corrected chi connectivity index (χ4v) is 4.38. The lowest BCUT2D eigenvalue weighted by Crippen LogP contribution is -1.88. The first kappa shape index (κ1) is 17.2. The van der Waals surface area contributed by atoms with Gasteiger partial charge in [0.1, 0.15) is 0 Å². The molecule has 0 radical (unpaired) electrons. The Morgan fingerprint density at radius 2 is 0.833 bits per heavy atom. The van der Waals surface area contributed by atoms with Crippen molar-refractivity contribution in [3.8, 4) is 0 Å². The molecule has 0 spiro atoms. The Labute approximate surface area is 172 Å². The third-order valence-electron chi connectivity index (χ3n) is 4.24. The Bertz CT molecular complexity index is 1140. The third kappa shape index (κ3) is 2.54. The molecule has 0 saturated carbocycles. The summed E-state index contributed by atoms with van der Waals surface area (Å²) in [6, 6.07) is 12.3. The maximum atomic E-state index is 4.72. The topological polar surface area (TPSA) is 0 Å². The number of hydrogen-bond acceptors (Lipinski definition) is 6. The molecule has 120 valence electrons. The number of rotatable bonds is 0. The van der Waals surface area contributed by atoms with E-state index < -0.39 is 0 Å². The minimum Gasteiger partial charge on any atom is -0.142 e. The van der Waals surface area contributed by atoms with Crippen LogP contribution >= 0.6 is 75.8 Å². The van der Waals surface area contributed by atoms with Crippen LogP contribution in [0.2, 0.25) is 0 Å². The zero-order valence-electron chi connectivity index (χ0n) is 12.1. The molecule has 0 aromatic heterocycles. The van der Waals surface area contributed by atoms with Gasteiger partial charge in [0, 0.05) is 34.8 Å². The molecule has 0 aliphatic rings. The van der Waals surface area contributed by atoms with E-state index in [1.807, 2.05) is 18.2 Å². The number of benzene rings is 4. The van der Waals surface area contributed by atoms with Crippen molar-refractivity contribution in [2.45, 2.75) is 29.4 Å². The van der Waals surface area contributed by atoms with Crippen LogP contribution in [0.1, 0.15) is 0 Å². The number of hydrogen-bond donors (Lipinski definition) is 6. The molecule has 0 fully saturated rings. The summed E-state index contributed by atoms with van der Waals surface area (Å²) in [4.78, 5) is 5.07. The van der Waals surface area contributed by atoms with Crippen LogP contribution < -0.4 is 0 Å². The molecule has 0 aliphatic carbocycles. The van der Waals surface area contributed by atoms with Crippen molar-refractivity contribution in [3.05, 3.63) is 36.4 Å². The molecule has 0 bridgehead atoms. The zero-order valence-corrected chi connectivity index (χ0v) is 17.5. The van der Waals surface area contributed by atoms with Gasteiger partial charge < -0.3 is 0 Å². The van der Waals surface area contributed by atoms with Crippen molar-refractivity contribution in [3.63, 3.8) is 0 Å². The smallest absolute Gasteiger partial charge is 0.0259 e. The van der Waals surface area contributed by atoms with Gasteiger partial charge in [-0.15, -0.1) is 75.8 Å². The van der Waals surface area contributed by atoms with Gasteiger partial charge in [-0.3, -0.25) is 0 Å². The Hall–Kier alpha value is -0.240. The van der Waals surface area contributed by atoms with E-state index in [4.69, 9.17) is 12.6 Å². The molecular weight excluding hydrogens is 409 g/mol. The van der Waals surface area contributed by atoms with Crippen molar-refractivity contribution in [1.29, 1.82) is 0 Å². The standard InChI is InChI=1S/C18H12S6/c19-12-2-1-7-8-3-13(20)14(21)4-9(8)10-5-15(22)16(23)6-11(10)17(7)18(12)24/h1-6,19-24H. The lowest BCUT2D eigenvalue weighted by molar-refractivity contribution is 1.29. The van der Waals surface area contributed by atoms with Gasteiger partial charge in [0.15, 0.2) is 0 Å². The van der Waals surface area contributed by atoms with Crippen LogP contribution in [0, 0.1) is 0 Å². The van der Waals surface area contributed by atoms with Gasteiger partial charge in [-0.05, 0) is 57.3 Å². The van der Waals surface area contributed by atoms with E-state index in [9.17, 15) is 0 Å². The molecule has 0 amide bonds. The highest BCUT2D eigenvalue weighted by atomic mass is 32.1. The summed E-state index contributed by atoms with van der Waals surface area (Å²) in [5.74, 6) is 0. The Kier molecular flexibility index (Phi) is 4.43. The SMILES string of the molecule is Sc1cc2c(cc1S)c1ccc(S)c(S)c1c1cc(S)c(S)cc21. The first-order valence-electron chi connectivity index (χ1n) is 7.06. The average Bonchev–Trinajstić information content (AvgIpc) is 2.54. The molecule has 0 unspecified atom stereocenters. The van der Waals surface area contributed by atoms with Crippen LogP contribution in [0.25, 0.3) is 32.3 Å². The molecular formula is C18H12S6. The number of fused-ring (bicyclic) bond motifs is 6. The zero-order chi connectivity index (χ0) is 17.2. The molecule has 4 aromatic rings. The van der Waals surface area contributed by atoms with E-state index in [0.717, 1.165) is 61.7 Å². The highest BCUT2D eigenvalue weighted by Crippen LogP contribution is 2.43. The van der Waals surface area contributed by atoms with E-state index in [-0.39, 0.29) is 0 Å². The maximum absolute atomic E-state index is 4.72. The average molecular weight is 421 g/mol. The minimum absolute atomic E-state index is 0.834. The summed E-state index contributed by atoms with van der Waals surface area (Å²) in [6.45, 7) is 0. The molecule has 0 nitrogen and oxygen atoms in total. The summed E-state index contributed by atoms with van der Waals surface area (Å²) in [6.07, 6.45) is 0. The fourth-order valence-electron chi connectivity index (χ4n) is 3.11. The van der Waals surface area contributed by atoms with Crippen LogP contribution in [0.5, 0.6) is 0 Å². The van der Waals surface area contributed by atoms with E-state index in [1.165, 1.54) is 0 Å². The number of thiol groups is 6. The van der Waals surface area contributed by atoms with E-state index >= 15 is 0 Å². The molecule has 0 atom stereocenters. The molecule has 4 rings (SSSR count). The summed E-state index contributed by atoms with van der Waals surface area (Å²) < 4.78 is 0. The van der Waals surface area contributed by atoms with Crippen LogP contribution in [-0.4, -0.2) is 0 Å². The second-order valence-corrected chi connectivity index (χ2v) is 8.49. The van der Waals surface area contributed by atoms with Crippen LogP contribution in [0.4, 0.5) is 0 Å². The van der Waals surface area contributed by atoms with Crippen LogP contribution in [0.3, 0.4) is 0 Å². The minimum atomic E-state index is 0.834. The molecule has 0 N–H and O–H groups in total. The monoisotopic (exact) mass is 420 g/mol. The molecule has 0 aliphatic heterocycles. The fraction of sp³-hybridized carbons (Fsp3) is 0. The summed E-state index contributed by atoms with van der Waals surface area (Å²) in [5, 5.41) is 6.59. The van der Waals surface area contributed by atoms with Crippen molar-refractivity contribution in [1.82, 2.24) is 0 Å². The molecule has 0 heterocycles. The maximum Gasteiger partial charge on any atom is 0.0259 e. The van der Waals surface area contributed by atoms with Gasteiger partial charge in [-0.1, -0.05) is 6.07 Å². The highest BCUT2D eigenvalue weighted by molar-refractivity contribution is 7.84. The quantitative estimate of drug-likeness (QED) is 0.130. The highest BCUT2D eigenvalue weighted by Gasteiger charge is 2.15. The summed E-state index contributed by atoms with van der Waals surface area (Å²) in [5.41, 5.74) is 0. The van der Waals surface area contributed by atoms with Gasteiger partial charge in [0.25, 0.3) is 0 Å². The largest absolute Gasteiger partial charge is 0.142 e. The van der Waals surface area contributed by atoms with Gasteiger partial charge >= 0.3 is 0 Å². The first-order chi connectivity index (χ1) is 11.4. The van der Waals surface area contributed by atoms with Crippen LogP contribution in [-0.2, 0) is 0 Å². The van der Waals surface area contributed by atoms with Crippen molar-refractivity contribution in [2.24, 2.45) is 0 Å². The Morgan fingerprint density at radius 3 is 1.38 bits per heavy atom. The second-order valence-electron chi connectivity index (χ2n) is 5.63. The molecule has 0 saturated heterocycles. The van der Waals surface area contributed by atoms with Crippen LogP contribution in [0.15, 0.2) is 65.8 Å². The normalized spacial score (nSPS) is 11.8. The summed E-state index contributed by atoms with van der Waals surface area (Å²) >= 11 is 27.4. The van der Waals surface area contributed by atoms with Gasteiger partial charge in [-0.2, -0.15) is 0 Å². The van der Waals surface area contributed by atoms with Gasteiger partial charge in [-0.25, -0.2) is 0 Å². The first-order valence-corrected chi connectivity index (χ1v) is 9.75. The lowest BCUT2D eigenvalue weighted by Gasteiger charge is -2.15.